The highest BCUT2D eigenvalue weighted by atomic mass is 16.5. The van der Waals surface area contributed by atoms with Crippen LogP contribution in [-0.2, 0) is 4.79 Å². The first-order chi connectivity index (χ1) is 7.19. The summed E-state index contributed by atoms with van der Waals surface area (Å²) in [6.07, 6.45) is 0. The number of carboxylic acids is 1. The van der Waals surface area contributed by atoms with Gasteiger partial charge in [-0.15, -0.1) is 0 Å². The maximum absolute atomic E-state index is 10.3. The number of carboxylic acid groups (broad SMARTS) is 1. The molecule has 78 valence electrons. The number of hydrogen-bond donors (Lipinski definition) is 1. The lowest BCUT2D eigenvalue weighted by Crippen LogP contribution is -2.10. The zero-order chi connectivity index (χ0) is 11.3. The predicted molar refractivity (Wildman–Crippen MR) is 50.8 cm³/mol. The van der Waals surface area contributed by atoms with Crippen molar-refractivity contribution in [2.75, 3.05) is 13.7 Å². The minimum Gasteiger partial charge on any atom is -0.493 e. The van der Waals surface area contributed by atoms with Crippen molar-refractivity contribution in [2.24, 2.45) is 0 Å². The molecule has 5 heteroatoms. The fraction of sp³-hybridized carbons (Fsp3) is 0.200. The van der Waals surface area contributed by atoms with Crippen molar-refractivity contribution in [3.05, 3.63) is 23.8 Å². The molecule has 1 N–H and O–H groups in total. The number of nitriles is 1. The molecule has 0 aliphatic heterocycles. The second-order valence-corrected chi connectivity index (χ2v) is 2.63. The fourth-order valence-corrected chi connectivity index (χ4v) is 1.05. The number of rotatable bonds is 4. The molecular weight excluding hydrogens is 198 g/mol. The molecule has 15 heavy (non-hydrogen) atoms. The van der Waals surface area contributed by atoms with Gasteiger partial charge in [0.05, 0.1) is 12.7 Å². The molecule has 0 bridgehead atoms. The summed E-state index contributed by atoms with van der Waals surface area (Å²) in [7, 11) is 1.42. The zero-order valence-electron chi connectivity index (χ0n) is 8.06. The van der Waals surface area contributed by atoms with Gasteiger partial charge in [0.15, 0.2) is 18.1 Å². The van der Waals surface area contributed by atoms with Gasteiger partial charge in [-0.1, -0.05) is 6.07 Å². The molecule has 1 rings (SSSR count). The highest BCUT2D eigenvalue weighted by Crippen LogP contribution is 2.30. The molecule has 0 aliphatic carbocycles. The lowest BCUT2D eigenvalue weighted by molar-refractivity contribution is -0.139. The third-order valence-electron chi connectivity index (χ3n) is 1.66. The Hall–Kier alpha value is -2.22. The first kappa shape index (κ1) is 10.9. The quantitative estimate of drug-likeness (QED) is 0.797. The fourth-order valence-electron chi connectivity index (χ4n) is 1.05. The lowest BCUT2D eigenvalue weighted by Gasteiger charge is -2.09. The molecule has 0 fully saturated rings. The average Bonchev–Trinajstić information content (AvgIpc) is 2.25. The van der Waals surface area contributed by atoms with E-state index in [0.29, 0.717) is 5.75 Å². The minimum absolute atomic E-state index is 0.157. The SMILES string of the molecule is COc1cccc(C#N)c1OCC(=O)O. The molecule has 0 heterocycles. The van der Waals surface area contributed by atoms with Crippen molar-refractivity contribution in [1.82, 2.24) is 0 Å². The van der Waals surface area contributed by atoms with Gasteiger partial charge in [-0.3, -0.25) is 0 Å². The van der Waals surface area contributed by atoms with Crippen LogP contribution < -0.4 is 9.47 Å². The molecule has 0 unspecified atom stereocenters. The Kier molecular flexibility index (Phi) is 3.52. The van der Waals surface area contributed by atoms with E-state index in [-0.39, 0.29) is 11.3 Å². The maximum Gasteiger partial charge on any atom is 0.341 e. The summed E-state index contributed by atoms with van der Waals surface area (Å²) >= 11 is 0. The molecule has 0 aliphatic rings. The van der Waals surface area contributed by atoms with Crippen molar-refractivity contribution in [1.29, 1.82) is 5.26 Å². The summed E-state index contributed by atoms with van der Waals surface area (Å²) in [5.41, 5.74) is 0.246. The molecule has 1 aromatic rings. The number of hydrogen-bond acceptors (Lipinski definition) is 4. The van der Waals surface area contributed by atoms with Crippen LogP contribution in [0, 0.1) is 11.3 Å². The highest BCUT2D eigenvalue weighted by molar-refractivity contribution is 5.69. The Morgan fingerprint density at radius 3 is 2.87 bits per heavy atom. The Morgan fingerprint density at radius 1 is 1.60 bits per heavy atom. The Morgan fingerprint density at radius 2 is 2.33 bits per heavy atom. The van der Waals surface area contributed by atoms with Crippen LogP contribution in [0.5, 0.6) is 11.5 Å². The molecule has 0 amide bonds. The van der Waals surface area contributed by atoms with Gasteiger partial charge in [0, 0.05) is 0 Å². The summed E-state index contributed by atoms with van der Waals surface area (Å²) < 4.78 is 9.92. The second kappa shape index (κ2) is 4.86. The van der Waals surface area contributed by atoms with Crippen molar-refractivity contribution in [3.63, 3.8) is 0 Å². The number of para-hydroxylation sites is 1. The molecule has 5 nitrogen and oxygen atoms in total. The normalized spacial score (nSPS) is 9.07. The van der Waals surface area contributed by atoms with Gasteiger partial charge in [0.25, 0.3) is 0 Å². The van der Waals surface area contributed by atoms with Gasteiger partial charge in [0.2, 0.25) is 0 Å². The van der Waals surface area contributed by atoms with E-state index in [9.17, 15) is 4.79 Å². The van der Waals surface area contributed by atoms with E-state index >= 15 is 0 Å². The van der Waals surface area contributed by atoms with Crippen molar-refractivity contribution >= 4 is 5.97 Å². The number of aliphatic carboxylic acids is 1. The Labute approximate surface area is 86.5 Å². The predicted octanol–water partition coefficient (Wildman–Crippen LogP) is 1.03. The van der Waals surface area contributed by atoms with E-state index < -0.39 is 12.6 Å². The highest BCUT2D eigenvalue weighted by Gasteiger charge is 2.11. The van der Waals surface area contributed by atoms with Crippen molar-refractivity contribution in [3.8, 4) is 17.6 Å². The van der Waals surface area contributed by atoms with E-state index in [2.05, 4.69) is 0 Å². The smallest absolute Gasteiger partial charge is 0.341 e. The van der Waals surface area contributed by atoms with Crippen LogP contribution in [-0.4, -0.2) is 24.8 Å². The topological polar surface area (TPSA) is 79.5 Å². The van der Waals surface area contributed by atoms with E-state index in [1.165, 1.54) is 13.2 Å². The van der Waals surface area contributed by atoms with Crippen molar-refractivity contribution in [2.45, 2.75) is 0 Å². The lowest BCUT2D eigenvalue weighted by atomic mass is 10.2. The number of methoxy groups -OCH3 is 1. The van der Waals surface area contributed by atoms with Crippen molar-refractivity contribution < 1.29 is 19.4 Å². The zero-order valence-corrected chi connectivity index (χ0v) is 8.06. The molecule has 0 radical (unpaired) electrons. The van der Waals surface area contributed by atoms with Gasteiger partial charge >= 0.3 is 5.97 Å². The number of nitrogens with zero attached hydrogens (tertiary/aromatic N) is 1. The molecular formula is C10H9NO4. The van der Waals surface area contributed by atoms with Crippen LogP contribution >= 0.6 is 0 Å². The van der Waals surface area contributed by atoms with Crippen LogP contribution in [0.2, 0.25) is 0 Å². The number of carbonyl (C=O) groups is 1. The first-order valence-electron chi connectivity index (χ1n) is 4.10. The number of benzene rings is 1. The summed E-state index contributed by atoms with van der Waals surface area (Å²) in [5, 5.41) is 17.2. The van der Waals surface area contributed by atoms with Gasteiger partial charge in [0.1, 0.15) is 6.07 Å². The van der Waals surface area contributed by atoms with Crippen LogP contribution in [0.3, 0.4) is 0 Å². The number of ether oxygens (including phenoxy) is 2. The van der Waals surface area contributed by atoms with Gasteiger partial charge in [-0.2, -0.15) is 5.26 Å². The molecule has 1 aromatic carbocycles. The average molecular weight is 207 g/mol. The third kappa shape index (κ3) is 2.61. The largest absolute Gasteiger partial charge is 0.493 e. The van der Waals surface area contributed by atoms with Crippen LogP contribution in [0.1, 0.15) is 5.56 Å². The second-order valence-electron chi connectivity index (χ2n) is 2.63. The van der Waals surface area contributed by atoms with Gasteiger partial charge in [-0.05, 0) is 12.1 Å². The third-order valence-corrected chi connectivity index (χ3v) is 1.66. The molecule has 0 saturated heterocycles. The molecule has 0 saturated carbocycles. The van der Waals surface area contributed by atoms with E-state index in [1.54, 1.807) is 12.1 Å². The Balaban J connectivity index is 3.01. The summed E-state index contributed by atoms with van der Waals surface area (Å²) in [4.78, 5) is 10.3. The van der Waals surface area contributed by atoms with E-state index in [0.717, 1.165) is 0 Å². The standard InChI is InChI=1S/C10H9NO4/c1-14-8-4-2-3-7(5-11)10(8)15-6-9(12)13/h2-4H,6H2,1H3,(H,12,13). The monoisotopic (exact) mass is 207 g/mol. The summed E-state index contributed by atoms with van der Waals surface area (Å²) in [6.45, 7) is -0.505. The maximum atomic E-state index is 10.3. The van der Waals surface area contributed by atoms with E-state index in [4.69, 9.17) is 19.8 Å². The van der Waals surface area contributed by atoms with E-state index in [1.807, 2.05) is 6.07 Å². The summed E-state index contributed by atoms with van der Waals surface area (Å²) in [5.74, 6) is -0.606. The Bertz CT molecular complexity index is 408. The molecule has 0 aromatic heterocycles. The molecule has 0 spiro atoms. The first-order valence-corrected chi connectivity index (χ1v) is 4.10. The van der Waals surface area contributed by atoms with Gasteiger partial charge < -0.3 is 14.6 Å². The van der Waals surface area contributed by atoms with Gasteiger partial charge in [-0.25, -0.2) is 4.79 Å². The minimum atomic E-state index is -1.11. The van der Waals surface area contributed by atoms with Crippen LogP contribution in [0.15, 0.2) is 18.2 Å². The van der Waals surface area contributed by atoms with Crippen LogP contribution in [0.4, 0.5) is 0 Å². The van der Waals surface area contributed by atoms with Crippen LogP contribution in [0.25, 0.3) is 0 Å². The summed E-state index contributed by atoms with van der Waals surface area (Å²) in [6, 6.07) is 6.65. The molecule has 0 atom stereocenters.